The van der Waals surface area contributed by atoms with Crippen LogP contribution in [0.15, 0.2) is 30.3 Å². The average molecular weight is 353 g/mol. The minimum absolute atomic E-state index is 0.0558. The molecule has 0 spiro atoms. The van der Waals surface area contributed by atoms with Gasteiger partial charge in [0.05, 0.1) is 12.7 Å². The van der Waals surface area contributed by atoms with Crippen molar-refractivity contribution in [3.63, 3.8) is 0 Å². The Balaban J connectivity index is 2.13. The zero-order valence-corrected chi connectivity index (χ0v) is 15.9. The first-order valence-corrected chi connectivity index (χ1v) is 9.94. The van der Waals surface area contributed by atoms with E-state index in [2.05, 4.69) is 6.92 Å². The van der Waals surface area contributed by atoms with E-state index in [-0.39, 0.29) is 11.3 Å². The number of rotatable bonds is 15. The minimum atomic E-state index is -0.302. The number of benzene rings is 1. The van der Waals surface area contributed by atoms with Gasteiger partial charge in [-0.2, -0.15) is 0 Å². The quantitative estimate of drug-likeness (QED) is 0.261. The Kier molecular flexibility index (Phi) is 12.8. The highest BCUT2D eigenvalue weighted by Gasteiger charge is 2.13. The Bertz CT molecular complexity index is 419. The first kappa shape index (κ1) is 21.2. The molecule has 0 saturated carbocycles. The third-order valence-electron chi connectivity index (χ3n) is 4.35. The SMILES string of the molecule is CCCCCCCCCCC[C@H](CC(=O)Cl)OCc1ccccc1. The van der Waals surface area contributed by atoms with E-state index < -0.39 is 0 Å². The van der Waals surface area contributed by atoms with E-state index in [4.69, 9.17) is 16.3 Å². The number of unbranched alkanes of at least 4 members (excludes halogenated alkanes) is 8. The molecule has 0 unspecified atom stereocenters. The number of carbonyl (C=O) groups is 1. The van der Waals surface area contributed by atoms with E-state index >= 15 is 0 Å². The lowest BCUT2D eigenvalue weighted by molar-refractivity contribution is -0.114. The van der Waals surface area contributed by atoms with Crippen molar-refractivity contribution in [2.75, 3.05) is 0 Å². The summed E-state index contributed by atoms with van der Waals surface area (Å²) in [6.45, 7) is 2.80. The molecule has 0 saturated heterocycles. The van der Waals surface area contributed by atoms with Gasteiger partial charge < -0.3 is 4.74 Å². The van der Waals surface area contributed by atoms with Gasteiger partial charge in [0.1, 0.15) is 0 Å². The third-order valence-corrected chi connectivity index (χ3v) is 4.50. The molecule has 0 radical (unpaired) electrons. The van der Waals surface area contributed by atoms with E-state index in [0.29, 0.717) is 13.0 Å². The lowest BCUT2D eigenvalue weighted by Crippen LogP contribution is -2.15. The molecule has 1 aromatic carbocycles. The normalized spacial score (nSPS) is 12.2. The summed E-state index contributed by atoms with van der Waals surface area (Å²) in [4.78, 5) is 11.2. The van der Waals surface area contributed by atoms with Crippen molar-refractivity contribution in [2.45, 2.75) is 90.3 Å². The van der Waals surface area contributed by atoms with Gasteiger partial charge in [-0.1, -0.05) is 95.0 Å². The molecule has 0 aliphatic rings. The molecule has 24 heavy (non-hydrogen) atoms. The Morgan fingerprint density at radius 1 is 0.958 bits per heavy atom. The second kappa shape index (κ2) is 14.5. The van der Waals surface area contributed by atoms with Crippen LogP contribution in [0, 0.1) is 0 Å². The zero-order chi connectivity index (χ0) is 17.5. The average Bonchev–Trinajstić information content (AvgIpc) is 2.58. The van der Waals surface area contributed by atoms with E-state index in [1.165, 1.54) is 51.4 Å². The van der Waals surface area contributed by atoms with Gasteiger partial charge in [0.25, 0.3) is 0 Å². The third kappa shape index (κ3) is 11.6. The highest BCUT2D eigenvalue weighted by molar-refractivity contribution is 6.63. The molecule has 0 fully saturated rings. The van der Waals surface area contributed by atoms with E-state index in [1.54, 1.807) is 0 Å². The summed E-state index contributed by atoms with van der Waals surface area (Å²) in [6.07, 6.45) is 12.9. The molecule has 0 aliphatic carbocycles. The summed E-state index contributed by atoms with van der Waals surface area (Å²) >= 11 is 5.56. The van der Waals surface area contributed by atoms with Crippen molar-refractivity contribution in [3.8, 4) is 0 Å². The van der Waals surface area contributed by atoms with Crippen LogP contribution in [0.25, 0.3) is 0 Å². The molecule has 1 atom stereocenters. The summed E-state index contributed by atoms with van der Waals surface area (Å²) in [6, 6.07) is 10.1. The van der Waals surface area contributed by atoms with Crippen LogP contribution in [0.2, 0.25) is 0 Å². The smallest absolute Gasteiger partial charge is 0.224 e. The molecular weight excluding hydrogens is 320 g/mol. The summed E-state index contributed by atoms with van der Waals surface area (Å²) in [5.41, 5.74) is 1.14. The maximum atomic E-state index is 11.2. The molecule has 136 valence electrons. The monoisotopic (exact) mass is 352 g/mol. The van der Waals surface area contributed by atoms with Crippen LogP contribution < -0.4 is 0 Å². The molecule has 1 rings (SSSR count). The van der Waals surface area contributed by atoms with Gasteiger partial charge in [-0.05, 0) is 23.6 Å². The highest BCUT2D eigenvalue weighted by Crippen LogP contribution is 2.16. The summed E-state index contributed by atoms with van der Waals surface area (Å²) < 4.78 is 5.91. The predicted octanol–water partition coefficient (Wildman–Crippen LogP) is 6.65. The number of carbonyl (C=O) groups excluding carboxylic acids is 1. The lowest BCUT2D eigenvalue weighted by atomic mass is 10.0. The van der Waals surface area contributed by atoms with Gasteiger partial charge in [0.15, 0.2) is 0 Å². The highest BCUT2D eigenvalue weighted by atomic mass is 35.5. The van der Waals surface area contributed by atoms with Gasteiger partial charge in [-0.15, -0.1) is 0 Å². The van der Waals surface area contributed by atoms with Crippen molar-refractivity contribution >= 4 is 16.8 Å². The van der Waals surface area contributed by atoms with E-state index in [1.807, 2.05) is 30.3 Å². The minimum Gasteiger partial charge on any atom is -0.373 e. The fraction of sp³-hybridized carbons (Fsp3) is 0.667. The van der Waals surface area contributed by atoms with Crippen LogP contribution in [-0.4, -0.2) is 11.3 Å². The van der Waals surface area contributed by atoms with Crippen LogP contribution in [0.3, 0.4) is 0 Å². The molecule has 1 aromatic rings. The van der Waals surface area contributed by atoms with Gasteiger partial charge in [0, 0.05) is 6.42 Å². The molecule has 3 heteroatoms. The van der Waals surface area contributed by atoms with Gasteiger partial charge in [-0.25, -0.2) is 0 Å². The fourth-order valence-electron chi connectivity index (χ4n) is 2.89. The second-order valence-electron chi connectivity index (χ2n) is 6.59. The standard InChI is InChI=1S/C21H33ClO2/c1-2-3-4-5-6-7-8-9-13-16-20(17-21(22)23)24-18-19-14-11-10-12-15-19/h10-12,14-15,20H,2-9,13,16-18H2,1H3/t20-/m1/s1. The largest absolute Gasteiger partial charge is 0.373 e. The summed E-state index contributed by atoms with van der Waals surface area (Å²) in [5, 5.41) is -0.302. The van der Waals surface area contributed by atoms with Crippen LogP contribution in [-0.2, 0) is 16.1 Å². The number of hydrogen-bond donors (Lipinski definition) is 0. The Morgan fingerprint density at radius 2 is 1.54 bits per heavy atom. The Morgan fingerprint density at radius 3 is 2.12 bits per heavy atom. The molecule has 0 aliphatic heterocycles. The number of ether oxygens (including phenoxy) is 1. The van der Waals surface area contributed by atoms with Crippen molar-refractivity contribution in [1.82, 2.24) is 0 Å². The van der Waals surface area contributed by atoms with Crippen LogP contribution in [0.1, 0.15) is 83.1 Å². The number of halogens is 1. The maximum Gasteiger partial charge on any atom is 0.224 e. The van der Waals surface area contributed by atoms with Gasteiger partial charge in [0.2, 0.25) is 5.24 Å². The second-order valence-corrected chi connectivity index (χ2v) is 7.02. The van der Waals surface area contributed by atoms with E-state index in [0.717, 1.165) is 18.4 Å². The van der Waals surface area contributed by atoms with Gasteiger partial charge >= 0.3 is 0 Å². The number of hydrogen-bond acceptors (Lipinski definition) is 2. The van der Waals surface area contributed by atoms with Crippen molar-refractivity contribution in [1.29, 1.82) is 0 Å². The summed E-state index contributed by atoms with van der Waals surface area (Å²) in [5.74, 6) is 0. The van der Waals surface area contributed by atoms with Crippen molar-refractivity contribution < 1.29 is 9.53 Å². The van der Waals surface area contributed by atoms with Crippen LogP contribution in [0.4, 0.5) is 0 Å². The lowest BCUT2D eigenvalue weighted by Gasteiger charge is -2.16. The van der Waals surface area contributed by atoms with Crippen molar-refractivity contribution in [2.24, 2.45) is 0 Å². The molecule has 0 aromatic heterocycles. The van der Waals surface area contributed by atoms with Gasteiger partial charge in [-0.3, -0.25) is 4.79 Å². The maximum absolute atomic E-state index is 11.2. The Hall–Kier alpha value is -0.860. The first-order chi connectivity index (χ1) is 11.7. The van der Waals surface area contributed by atoms with Crippen LogP contribution >= 0.6 is 11.6 Å². The molecule has 0 heterocycles. The molecule has 0 bridgehead atoms. The topological polar surface area (TPSA) is 26.3 Å². The molecule has 2 nitrogen and oxygen atoms in total. The first-order valence-electron chi connectivity index (χ1n) is 9.56. The fourth-order valence-corrected chi connectivity index (χ4v) is 3.07. The van der Waals surface area contributed by atoms with E-state index in [9.17, 15) is 4.79 Å². The summed E-state index contributed by atoms with van der Waals surface area (Å²) in [7, 11) is 0. The van der Waals surface area contributed by atoms with Crippen LogP contribution in [0.5, 0.6) is 0 Å². The molecular formula is C21H33ClO2. The molecule has 0 amide bonds. The van der Waals surface area contributed by atoms with Crippen molar-refractivity contribution in [3.05, 3.63) is 35.9 Å². The Labute approximate surface area is 152 Å². The zero-order valence-electron chi connectivity index (χ0n) is 15.1. The molecule has 0 N–H and O–H groups in total. The predicted molar refractivity (Wildman–Crippen MR) is 102 cm³/mol.